The predicted octanol–water partition coefficient (Wildman–Crippen LogP) is 3.38. The average Bonchev–Trinajstić information content (AvgIpc) is 3.02. The van der Waals surface area contributed by atoms with Gasteiger partial charge in [0.2, 0.25) is 5.91 Å². The monoisotopic (exact) mass is 380 g/mol. The van der Waals surface area contributed by atoms with Crippen molar-refractivity contribution in [2.75, 3.05) is 19.0 Å². The second-order valence-electron chi connectivity index (χ2n) is 5.06. The topological polar surface area (TPSA) is 77.5 Å². The normalized spacial score (nSPS) is 11.6. The third-order valence-electron chi connectivity index (χ3n) is 3.17. The van der Waals surface area contributed by atoms with Crippen molar-refractivity contribution in [1.82, 2.24) is 4.98 Å². The highest BCUT2D eigenvalue weighted by molar-refractivity contribution is 8.02. The lowest BCUT2D eigenvalue weighted by molar-refractivity contribution is -0.142. The molecular weight excluding hydrogens is 360 g/mol. The Hall–Kier alpha value is -2.06. The number of nitrogens with zero attached hydrogens (tertiary/aromatic N) is 1. The van der Waals surface area contributed by atoms with Crippen molar-refractivity contribution in [2.24, 2.45) is 0 Å². The highest BCUT2D eigenvalue weighted by atomic mass is 32.2. The van der Waals surface area contributed by atoms with E-state index in [0.717, 1.165) is 10.1 Å². The lowest BCUT2D eigenvalue weighted by Crippen LogP contribution is -2.22. The van der Waals surface area contributed by atoms with Gasteiger partial charge in [-0.2, -0.15) is 0 Å². The van der Waals surface area contributed by atoms with E-state index in [1.54, 1.807) is 38.3 Å². The van der Waals surface area contributed by atoms with Crippen molar-refractivity contribution in [1.29, 1.82) is 0 Å². The van der Waals surface area contributed by atoms with Crippen LogP contribution in [0.1, 0.15) is 19.5 Å². The van der Waals surface area contributed by atoms with Crippen LogP contribution in [0.5, 0.6) is 5.75 Å². The van der Waals surface area contributed by atoms with E-state index in [0.29, 0.717) is 18.0 Å². The molecule has 0 spiro atoms. The third-order valence-corrected chi connectivity index (χ3v) is 5.29. The standard InChI is InChI=1S/C17H20N2O4S2/c1-4-23-15(20)9-13-10-24-17(19-13)25-11(2)16(21)18-12-5-7-14(22-3)8-6-12/h5-8,10-11H,4,9H2,1-3H3,(H,18,21)/t11-/m1/s1. The van der Waals surface area contributed by atoms with E-state index in [9.17, 15) is 9.59 Å². The Bertz CT molecular complexity index is 716. The summed E-state index contributed by atoms with van der Waals surface area (Å²) >= 11 is 2.77. The SMILES string of the molecule is CCOC(=O)Cc1csc(S[C@H](C)C(=O)Nc2ccc(OC)cc2)n1. The molecular formula is C17H20N2O4S2. The van der Waals surface area contributed by atoms with Crippen molar-refractivity contribution in [2.45, 2.75) is 29.9 Å². The molecule has 0 aliphatic heterocycles. The first-order chi connectivity index (χ1) is 12.0. The molecule has 0 aliphatic rings. The molecule has 0 saturated carbocycles. The van der Waals surface area contributed by atoms with Gasteiger partial charge in [0.25, 0.3) is 0 Å². The Morgan fingerprint density at radius 1 is 1.32 bits per heavy atom. The number of aromatic nitrogens is 1. The summed E-state index contributed by atoms with van der Waals surface area (Å²) in [6.07, 6.45) is 0.150. The van der Waals surface area contributed by atoms with Gasteiger partial charge in [-0.25, -0.2) is 4.98 Å². The number of nitrogens with one attached hydrogen (secondary N) is 1. The van der Waals surface area contributed by atoms with Crippen LogP contribution < -0.4 is 10.1 Å². The number of methoxy groups -OCH3 is 1. The molecule has 1 heterocycles. The molecule has 0 saturated heterocycles. The minimum atomic E-state index is -0.316. The predicted molar refractivity (Wildman–Crippen MR) is 99.4 cm³/mol. The molecule has 1 aromatic carbocycles. The first-order valence-corrected chi connectivity index (χ1v) is 9.49. The number of thioether (sulfide) groups is 1. The van der Waals surface area contributed by atoms with Crippen LogP contribution in [0, 0.1) is 0 Å². The van der Waals surface area contributed by atoms with Crippen molar-refractivity contribution in [3.05, 3.63) is 35.3 Å². The molecule has 0 unspecified atom stereocenters. The summed E-state index contributed by atoms with van der Waals surface area (Å²) in [5.74, 6) is 0.323. The molecule has 134 valence electrons. The molecule has 2 aromatic rings. The minimum Gasteiger partial charge on any atom is -0.497 e. The van der Waals surface area contributed by atoms with E-state index in [-0.39, 0.29) is 23.5 Å². The lowest BCUT2D eigenvalue weighted by Gasteiger charge is -2.10. The fourth-order valence-electron chi connectivity index (χ4n) is 1.91. The first kappa shape index (κ1) is 19.3. The summed E-state index contributed by atoms with van der Waals surface area (Å²) in [5, 5.41) is 4.35. The summed E-state index contributed by atoms with van der Waals surface area (Å²) in [6, 6.07) is 7.15. The molecule has 0 bridgehead atoms. The van der Waals surface area contributed by atoms with Gasteiger partial charge >= 0.3 is 5.97 Å². The molecule has 1 atom stereocenters. The number of benzene rings is 1. The maximum Gasteiger partial charge on any atom is 0.311 e. The first-order valence-electron chi connectivity index (χ1n) is 7.73. The molecule has 25 heavy (non-hydrogen) atoms. The maximum atomic E-state index is 12.3. The number of carbonyl (C=O) groups is 2. The zero-order valence-corrected chi connectivity index (χ0v) is 15.9. The van der Waals surface area contributed by atoms with E-state index in [1.807, 2.05) is 12.3 Å². The van der Waals surface area contributed by atoms with Gasteiger partial charge in [-0.15, -0.1) is 11.3 Å². The number of anilines is 1. The molecule has 2 rings (SSSR count). The van der Waals surface area contributed by atoms with Gasteiger partial charge < -0.3 is 14.8 Å². The van der Waals surface area contributed by atoms with Gasteiger partial charge in [-0.3, -0.25) is 9.59 Å². The summed E-state index contributed by atoms with van der Waals surface area (Å²) in [6.45, 7) is 3.94. The van der Waals surface area contributed by atoms with E-state index < -0.39 is 0 Å². The number of thiazole rings is 1. The van der Waals surface area contributed by atoms with Crippen molar-refractivity contribution in [3.8, 4) is 5.75 Å². The van der Waals surface area contributed by atoms with Crippen LogP contribution in [0.3, 0.4) is 0 Å². The molecule has 1 N–H and O–H groups in total. The molecule has 0 fully saturated rings. The Morgan fingerprint density at radius 3 is 2.68 bits per heavy atom. The maximum absolute atomic E-state index is 12.3. The number of carbonyl (C=O) groups excluding carboxylic acids is 2. The zero-order valence-electron chi connectivity index (χ0n) is 14.3. The Kier molecular flexibility index (Phi) is 7.27. The number of hydrogen-bond donors (Lipinski definition) is 1. The molecule has 6 nitrogen and oxygen atoms in total. The second-order valence-corrected chi connectivity index (χ2v) is 7.51. The summed E-state index contributed by atoms with van der Waals surface area (Å²) in [5.41, 5.74) is 1.37. The van der Waals surface area contributed by atoms with Gasteiger partial charge in [0.05, 0.1) is 31.1 Å². The Labute approximate surface area is 154 Å². The molecule has 1 amide bonds. The van der Waals surface area contributed by atoms with Crippen LogP contribution in [0.15, 0.2) is 34.0 Å². The molecule has 1 aromatic heterocycles. The van der Waals surface area contributed by atoms with Gasteiger partial charge in [0.15, 0.2) is 4.34 Å². The Morgan fingerprint density at radius 2 is 2.04 bits per heavy atom. The van der Waals surface area contributed by atoms with E-state index in [4.69, 9.17) is 9.47 Å². The summed E-state index contributed by atoms with van der Waals surface area (Å²) < 4.78 is 10.7. The summed E-state index contributed by atoms with van der Waals surface area (Å²) in [7, 11) is 1.59. The molecule has 8 heteroatoms. The van der Waals surface area contributed by atoms with Gasteiger partial charge in [-0.1, -0.05) is 11.8 Å². The Balaban J connectivity index is 1.87. The van der Waals surface area contributed by atoms with Crippen LogP contribution in [0.4, 0.5) is 5.69 Å². The quantitative estimate of drug-likeness (QED) is 0.559. The van der Waals surface area contributed by atoms with Gasteiger partial charge in [0, 0.05) is 11.1 Å². The largest absolute Gasteiger partial charge is 0.497 e. The highest BCUT2D eigenvalue weighted by Gasteiger charge is 2.17. The zero-order chi connectivity index (χ0) is 18.2. The number of hydrogen-bond acceptors (Lipinski definition) is 7. The van der Waals surface area contributed by atoms with Gasteiger partial charge in [0.1, 0.15) is 5.75 Å². The fourth-order valence-corrected chi connectivity index (χ4v) is 3.89. The van der Waals surface area contributed by atoms with Crippen molar-refractivity contribution < 1.29 is 19.1 Å². The molecule has 0 radical (unpaired) electrons. The van der Waals surface area contributed by atoms with Crippen LogP contribution in [0.2, 0.25) is 0 Å². The average molecular weight is 380 g/mol. The lowest BCUT2D eigenvalue weighted by atomic mass is 10.3. The van der Waals surface area contributed by atoms with Crippen molar-refractivity contribution in [3.63, 3.8) is 0 Å². The minimum absolute atomic E-state index is 0.114. The number of esters is 1. The smallest absolute Gasteiger partial charge is 0.311 e. The van der Waals surface area contributed by atoms with E-state index >= 15 is 0 Å². The number of rotatable bonds is 8. The van der Waals surface area contributed by atoms with E-state index in [1.165, 1.54) is 23.1 Å². The molecule has 0 aliphatic carbocycles. The second kappa shape index (κ2) is 9.43. The van der Waals surface area contributed by atoms with Crippen LogP contribution in [-0.2, 0) is 20.7 Å². The van der Waals surface area contributed by atoms with Crippen molar-refractivity contribution >= 4 is 40.7 Å². The van der Waals surface area contributed by atoms with Crippen LogP contribution in [0.25, 0.3) is 0 Å². The number of amides is 1. The van der Waals surface area contributed by atoms with Crippen LogP contribution in [-0.4, -0.2) is 35.8 Å². The number of ether oxygens (including phenoxy) is 2. The fraction of sp³-hybridized carbons (Fsp3) is 0.353. The van der Waals surface area contributed by atoms with Crippen LogP contribution >= 0.6 is 23.1 Å². The summed E-state index contributed by atoms with van der Waals surface area (Å²) in [4.78, 5) is 28.1. The van der Waals surface area contributed by atoms with E-state index in [2.05, 4.69) is 10.3 Å². The van der Waals surface area contributed by atoms with Gasteiger partial charge in [-0.05, 0) is 38.1 Å². The highest BCUT2D eigenvalue weighted by Crippen LogP contribution is 2.28. The third kappa shape index (κ3) is 6.06.